The summed E-state index contributed by atoms with van der Waals surface area (Å²) in [7, 11) is 1.74. The van der Waals surface area contributed by atoms with Crippen molar-refractivity contribution in [3.05, 3.63) is 42.2 Å². The Morgan fingerprint density at radius 2 is 1.43 bits per heavy atom. The SMILES string of the molecule is CCCCCCCCCCC/C(=C\OC)c1ccccc1. The zero-order valence-corrected chi connectivity index (χ0v) is 13.9. The van der Waals surface area contributed by atoms with Gasteiger partial charge in [-0.2, -0.15) is 0 Å². The summed E-state index contributed by atoms with van der Waals surface area (Å²) in [5.41, 5.74) is 2.61. The van der Waals surface area contributed by atoms with Crippen LogP contribution < -0.4 is 0 Å². The first-order valence-electron chi connectivity index (χ1n) is 8.65. The zero-order chi connectivity index (χ0) is 15.2. The molecule has 1 heteroatoms. The van der Waals surface area contributed by atoms with Crippen LogP contribution in [0.25, 0.3) is 5.57 Å². The third-order valence-corrected chi connectivity index (χ3v) is 3.95. The third-order valence-electron chi connectivity index (χ3n) is 3.95. The molecule has 0 fully saturated rings. The molecule has 0 unspecified atom stereocenters. The van der Waals surface area contributed by atoms with E-state index in [0.717, 1.165) is 6.42 Å². The number of hydrogen-bond donors (Lipinski definition) is 0. The predicted molar refractivity (Wildman–Crippen MR) is 93.3 cm³/mol. The van der Waals surface area contributed by atoms with Crippen LogP contribution in [-0.2, 0) is 4.74 Å². The first-order chi connectivity index (χ1) is 10.4. The van der Waals surface area contributed by atoms with Crippen LogP contribution in [0.4, 0.5) is 0 Å². The number of ether oxygens (including phenoxy) is 1. The Morgan fingerprint density at radius 1 is 0.857 bits per heavy atom. The standard InChI is InChI=1S/C20H32O/c1-3-4-5-6-7-8-9-10-12-17-20(18-21-2)19-15-13-11-14-16-19/h11,13-16,18H,3-10,12,17H2,1-2H3/b20-18+. The molecule has 118 valence electrons. The van der Waals surface area contributed by atoms with Crippen LogP contribution in [0, 0.1) is 0 Å². The lowest BCUT2D eigenvalue weighted by Crippen LogP contribution is -1.88. The van der Waals surface area contributed by atoms with Crippen LogP contribution >= 0.6 is 0 Å². The molecule has 0 aliphatic heterocycles. The van der Waals surface area contributed by atoms with Gasteiger partial charge in [0, 0.05) is 0 Å². The van der Waals surface area contributed by atoms with Crippen LogP contribution in [0.2, 0.25) is 0 Å². The average Bonchev–Trinajstić information content (AvgIpc) is 2.53. The quantitative estimate of drug-likeness (QED) is 0.311. The smallest absolute Gasteiger partial charge is 0.0862 e. The van der Waals surface area contributed by atoms with Gasteiger partial charge in [-0.3, -0.25) is 0 Å². The second kappa shape index (κ2) is 12.5. The molecule has 21 heavy (non-hydrogen) atoms. The van der Waals surface area contributed by atoms with Crippen molar-refractivity contribution >= 4 is 5.57 Å². The summed E-state index contributed by atoms with van der Waals surface area (Å²) in [4.78, 5) is 0. The molecule has 0 aromatic heterocycles. The minimum absolute atomic E-state index is 1.12. The number of methoxy groups -OCH3 is 1. The van der Waals surface area contributed by atoms with E-state index in [9.17, 15) is 0 Å². The van der Waals surface area contributed by atoms with Crippen molar-refractivity contribution in [1.29, 1.82) is 0 Å². The maximum Gasteiger partial charge on any atom is 0.0862 e. The molecule has 1 aromatic rings. The first kappa shape index (κ1) is 17.8. The van der Waals surface area contributed by atoms with Gasteiger partial charge in [0.25, 0.3) is 0 Å². The Bertz CT molecular complexity index is 367. The number of benzene rings is 1. The third kappa shape index (κ3) is 8.60. The normalized spacial score (nSPS) is 11.6. The van der Waals surface area contributed by atoms with E-state index in [4.69, 9.17) is 4.74 Å². The summed E-state index contributed by atoms with van der Waals surface area (Å²) in [6, 6.07) is 10.6. The Labute approximate surface area is 131 Å². The van der Waals surface area contributed by atoms with Gasteiger partial charge in [0.1, 0.15) is 0 Å². The molecule has 0 N–H and O–H groups in total. The van der Waals surface area contributed by atoms with Gasteiger partial charge in [0.05, 0.1) is 13.4 Å². The molecule has 1 rings (SSSR count). The number of unbranched alkanes of at least 4 members (excludes halogenated alkanes) is 8. The minimum Gasteiger partial charge on any atom is -0.504 e. The van der Waals surface area contributed by atoms with E-state index < -0.39 is 0 Å². The monoisotopic (exact) mass is 288 g/mol. The van der Waals surface area contributed by atoms with Gasteiger partial charge in [-0.25, -0.2) is 0 Å². The van der Waals surface area contributed by atoms with Crippen molar-refractivity contribution in [2.24, 2.45) is 0 Å². The summed E-state index contributed by atoms with van der Waals surface area (Å²) in [6.07, 6.45) is 15.4. The largest absolute Gasteiger partial charge is 0.504 e. The number of allylic oxidation sites excluding steroid dienone is 1. The highest BCUT2D eigenvalue weighted by Gasteiger charge is 2.01. The summed E-state index contributed by atoms with van der Waals surface area (Å²) in [5.74, 6) is 0. The summed E-state index contributed by atoms with van der Waals surface area (Å²) in [5, 5.41) is 0. The number of hydrogen-bond acceptors (Lipinski definition) is 1. The molecule has 0 bridgehead atoms. The molecule has 1 nitrogen and oxygen atoms in total. The van der Waals surface area contributed by atoms with Gasteiger partial charge >= 0.3 is 0 Å². The van der Waals surface area contributed by atoms with E-state index in [0.29, 0.717) is 0 Å². The van der Waals surface area contributed by atoms with Gasteiger partial charge in [0.2, 0.25) is 0 Å². The molecule has 0 saturated carbocycles. The molecule has 0 saturated heterocycles. The highest BCUT2D eigenvalue weighted by Crippen LogP contribution is 2.21. The molecular formula is C20H32O. The molecule has 1 aromatic carbocycles. The molecule has 0 heterocycles. The van der Waals surface area contributed by atoms with Gasteiger partial charge < -0.3 is 4.74 Å². The maximum atomic E-state index is 5.23. The Morgan fingerprint density at radius 3 is 2.00 bits per heavy atom. The Kier molecular flexibility index (Phi) is 10.6. The second-order valence-electron chi connectivity index (χ2n) is 5.82. The topological polar surface area (TPSA) is 9.23 Å². The summed E-state index contributed by atoms with van der Waals surface area (Å²) in [6.45, 7) is 2.28. The molecule has 0 spiro atoms. The summed E-state index contributed by atoms with van der Waals surface area (Å²) < 4.78 is 5.23. The fourth-order valence-corrected chi connectivity index (χ4v) is 2.69. The molecule has 0 aliphatic rings. The fourth-order valence-electron chi connectivity index (χ4n) is 2.69. The van der Waals surface area contributed by atoms with Crippen molar-refractivity contribution in [1.82, 2.24) is 0 Å². The highest BCUT2D eigenvalue weighted by molar-refractivity contribution is 5.64. The maximum absolute atomic E-state index is 5.23. The van der Waals surface area contributed by atoms with Gasteiger partial charge in [-0.1, -0.05) is 88.6 Å². The Balaban J connectivity index is 2.14. The minimum atomic E-state index is 1.12. The van der Waals surface area contributed by atoms with E-state index >= 15 is 0 Å². The lowest BCUT2D eigenvalue weighted by atomic mass is 10.00. The predicted octanol–water partition coefficient (Wildman–Crippen LogP) is 6.59. The van der Waals surface area contributed by atoms with Crippen LogP contribution in [-0.4, -0.2) is 7.11 Å². The lowest BCUT2D eigenvalue weighted by molar-refractivity contribution is 0.338. The molecule has 0 radical (unpaired) electrons. The van der Waals surface area contributed by atoms with Crippen molar-refractivity contribution in [2.75, 3.05) is 7.11 Å². The van der Waals surface area contributed by atoms with E-state index in [2.05, 4.69) is 37.3 Å². The zero-order valence-electron chi connectivity index (χ0n) is 13.9. The molecule has 0 amide bonds. The van der Waals surface area contributed by atoms with Gasteiger partial charge in [0.15, 0.2) is 0 Å². The van der Waals surface area contributed by atoms with Crippen LogP contribution in [0.1, 0.15) is 76.7 Å². The first-order valence-corrected chi connectivity index (χ1v) is 8.65. The lowest BCUT2D eigenvalue weighted by Gasteiger charge is -2.08. The molecular weight excluding hydrogens is 256 g/mol. The van der Waals surface area contributed by atoms with Crippen LogP contribution in [0.3, 0.4) is 0 Å². The van der Waals surface area contributed by atoms with Crippen molar-refractivity contribution in [3.63, 3.8) is 0 Å². The van der Waals surface area contributed by atoms with E-state index in [-0.39, 0.29) is 0 Å². The second-order valence-corrected chi connectivity index (χ2v) is 5.82. The van der Waals surface area contributed by atoms with Crippen molar-refractivity contribution in [2.45, 2.75) is 71.1 Å². The fraction of sp³-hybridized carbons (Fsp3) is 0.600. The van der Waals surface area contributed by atoms with E-state index in [1.54, 1.807) is 7.11 Å². The van der Waals surface area contributed by atoms with Gasteiger partial charge in [-0.05, 0) is 24.0 Å². The van der Waals surface area contributed by atoms with Crippen LogP contribution in [0.15, 0.2) is 36.6 Å². The molecule has 0 aliphatic carbocycles. The average molecular weight is 288 g/mol. The summed E-state index contributed by atoms with van der Waals surface area (Å²) >= 11 is 0. The van der Waals surface area contributed by atoms with E-state index in [1.807, 2.05) is 6.26 Å². The Hall–Kier alpha value is -1.24. The highest BCUT2D eigenvalue weighted by atomic mass is 16.5. The van der Waals surface area contributed by atoms with Gasteiger partial charge in [-0.15, -0.1) is 0 Å². The van der Waals surface area contributed by atoms with Crippen LogP contribution in [0.5, 0.6) is 0 Å². The van der Waals surface area contributed by atoms with Crippen molar-refractivity contribution in [3.8, 4) is 0 Å². The van der Waals surface area contributed by atoms with E-state index in [1.165, 1.54) is 68.9 Å². The van der Waals surface area contributed by atoms with Crippen molar-refractivity contribution < 1.29 is 4.74 Å². The number of rotatable bonds is 12. The molecule has 0 atom stereocenters.